The molecule has 0 fully saturated rings. The Bertz CT molecular complexity index is 419. The zero-order chi connectivity index (χ0) is 13.1. The molecule has 0 unspecified atom stereocenters. The van der Waals surface area contributed by atoms with Gasteiger partial charge in [0.25, 0.3) is 0 Å². The van der Waals surface area contributed by atoms with E-state index in [1.807, 2.05) is 6.92 Å². The Morgan fingerprint density at radius 3 is 2.59 bits per heavy atom. The van der Waals surface area contributed by atoms with Crippen molar-refractivity contribution >= 4 is 5.97 Å². The molecule has 1 aromatic carbocycles. The molecule has 1 rings (SSSR count). The van der Waals surface area contributed by atoms with E-state index in [2.05, 4.69) is 0 Å². The van der Waals surface area contributed by atoms with Crippen LogP contribution in [0.4, 0.5) is 0 Å². The van der Waals surface area contributed by atoms with Crippen molar-refractivity contribution in [1.82, 2.24) is 0 Å². The molecule has 17 heavy (non-hydrogen) atoms. The molecule has 1 aromatic rings. The second-order valence-corrected chi connectivity index (χ2v) is 4.20. The second kappa shape index (κ2) is 5.05. The molecule has 0 spiro atoms. The van der Waals surface area contributed by atoms with Gasteiger partial charge in [-0.3, -0.25) is 4.79 Å². The summed E-state index contributed by atoms with van der Waals surface area (Å²) in [4.78, 5) is 11.1. The van der Waals surface area contributed by atoms with Crippen LogP contribution in [0.5, 0.6) is 11.5 Å². The molecule has 94 valence electrons. The Balaban J connectivity index is 3.01. The average molecular weight is 239 g/mol. The highest BCUT2D eigenvalue weighted by Gasteiger charge is 2.33. The lowest BCUT2D eigenvalue weighted by Gasteiger charge is -2.24. The number of phenols is 2. The predicted molar refractivity (Wildman–Crippen MR) is 62.9 cm³/mol. The number of benzene rings is 1. The summed E-state index contributed by atoms with van der Waals surface area (Å²) in [5.41, 5.74) is 4.73. The summed E-state index contributed by atoms with van der Waals surface area (Å²) in [6, 6.07) is 3.98. The van der Waals surface area contributed by atoms with Gasteiger partial charge in [-0.2, -0.15) is 0 Å². The zero-order valence-corrected chi connectivity index (χ0v) is 9.68. The molecule has 0 aromatic heterocycles. The number of nitrogens with two attached hydrogens (primary N) is 1. The van der Waals surface area contributed by atoms with Gasteiger partial charge in [0.15, 0.2) is 0 Å². The highest BCUT2D eigenvalue weighted by Crippen LogP contribution is 2.27. The van der Waals surface area contributed by atoms with Crippen molar-refractivity contribution < 1.29 is 20.1 Å². The topological polar surface area (TPSA) is 104 Å². The van der Waals surface area contributed by atoms with Crippen molar-refractivity contribution in [3.05, 3.63) is 23.8 Å². The third-order valence-electron chi connectivity index (χ3n) is 2.69. The van der Waals surface area contributed by atoms with Gasteiger partial charge in [0.2, 0.25) is 0 Å². The predicted octanol–water partition coefficient (Wildman–Crippen LogP) is 1.22. The van der Waals surface area contributed by atoms with E-state index in [1.165, 1.54) is 18.2 Å². The van der Waals surface area contributed by atoms with Gasteiger partial charge in [0.05, 0.1) is 0 Å². The van der Waals surface area contributed by atoms with Crippen LogP contribution in [-0.4, -0.2) is 26.8 Å². The molecule has 5 nitrogen and oxygen atoms in total. The first-order valence-electron chi connectivity index (χ1n) is 5.42. The van der Waals surface area contributed by atoms with Crippen LogP contribution in [0.25, 0.3) is 0 Å². The lowest BCUT2D eigenvalue weighted by atomic mass is 9.87. The summed E-state index contributed by atoms with van der Waals surface area (Å²) < 4.78 is 0. The first kappa shape index (κ1) is 13.3. The summed E-state index contributed by atoms with van der Waals surface area (Å²) >= 11 is 0. The van der Waals surface area contributed by atoms with Crippen LogP contribution in [0.2, 0.25) is 0 Å². The molecular weight excluding hydrogens is 222 g/mol. The fourth-order valence-electron chi connectivity index (χ4n) is 1.77. The number of aromatic hydroxyl groups is 2. The minimum Gasteiger partial charge on any atom is -0.508 e. The summed E-state index contributed by atoms with van der Waals surface area (Å²) in [6.45, 7) is 1.84. The first-order valence-corrected chi connectivity index (χ1v) is 5.42. The molecule has 0 aliphatic heterocycles. The van der Waals surface area contributed by atoms with E-state index in [-0.39, 0.29) is 17.9 Å². The van der Waals surface area contributed by atoms with Crippen LogP contribution in [0, 0.1) is 0 Å². The standard InChI is InChI=1S/C12H17NO4/c1-2-5-12(13,11(16)17)7-8-6-9(14)3-4-10(8)15/h3-4,6,14-15H,2,5,7,13H2,1H3,(H,16,17)/t12-/m0/s1. The molecule has 0 aliphatic carbocycles. The molecule has 0 aliphatic rings. The second-order valence-electron chi connectivity index (χ2n) is 4.20. The molecule has 0 bridgehead atoms. The van der Waals surface area contributed by atoms with E-state index < -0.39 is 11.5 Å². The maximum absolute atomic E-state index is 11.1. The van der Waals surface area contributed by atoms with E-state index >= 15 is 0 Å². The van der Waals surface area contributed by atoms with Crippen LogP contribution in [-0.2, 0) is 11.2 Å². The van der Waals surface area contributed by atoms with Crippen molar-refractivity contribution in [2.45, 2.75) is 31.7 Å². The molecule has 5 N–H and O–H groups in total. The average Bonchev–Trinajstić information content (AvgIpc) is 2.23. The first-order chi connectivity index (χ1) is 7.89. The largest absolute Gasteiger partial charge is 0.508 e. The molecular formula is C12H17NO4. The maximum atomic E-state index is 11.1. The quantitative estimate of drug-likeness (QED) is 0.578. The zero-order valence-electron chi connectivity index (χ0n) is 9.68. The lowest BCUT2D eigenvalue weighted by Crippen LogP contribution is -2.49. The summed E-state index contributed by atoms with van der Waals surface area (Å²) in [7, 11) is 0. The number of carboxylic acids is 1. The van der Waals surface area contributed by atoms with E-state index in [0.717, 1.165) is 0 Å². The summed E-state index contributed by atoms with van der Waals surface area (Å²) in [6.07, 6.45) is 0.913. The number of carbonyl (C=O) groups is 1. The van der Waals surface area contributed by atoms with Crippen molar-refractivity contribution in [3.8, 4) is 11.5 Å². The highest BCUT2D eigenvalue weighted by molar-refractivity contribution is 5.79. The van der Waals surface area contributed by atoms with Crippen molar-refractivity contribution in [1.29, 1.82) is 0 Å². The molecule has 5 heteroatoms. The molecule has 0 saturated heterocycles. The Kier molecular flexibility index (Phi) is 3.96. The van der Waals surface area contributed by atoms with Crippen LogP contribution in [0.1, 0.15) is 25.3 Å². The third-order valence-corrected chi connectivity index (χ3v) is 2.69. The minimum absolute atomic E-state index is 0.0175. The van der Waals surface area contributed by atoms with E-state index in [1.54, 1.807) is 0 Å². The van der Waals surface area contributed by atoms with Crippen molar-refractivity contribution in [2.75, 3.05) is 0 Å². The molecule has 1 atom stereocenters. The molecule has 0 heterocycles. The Hall–Kier alpha value is -1.75. The molecule has 0 saturated carbocycles. The van der Waals surface area contributed by atoms with E-state index in [4.69, 9.17) is 10.8 Å². The number of carboxylic acid groups (broad SMARTS) is 1. The normalized spacial score (nSPS) is 14.2. The number of hydrogen-bond donors (Lipinski definition) is 4. The molecule has 0 amide bonds. The minimum atomic E-state index is -1.42. The number of hydrogen-bond acceptors (Lipinski definition) is 4. The van der Waals surface area contributed by atoms with Crippen LogP contribution < -0.4 is 5.73 Å². The van der Waals surface area contributed by atoms with Crippen LogP contribution in [0.15, 0.2) is 18.2 Å². The Morgan fingerprint density at radius 2 is 2.06 bits per heavy atom. The maximum Gasteiger partial charge on any atom is 0.324 e. The Morgan fingerprint density at radius 1 is 1.41 bits per heavy atom. The third kappa shape index (κ3) is 3.10. The highest BCUT2D eigenvalue weighted by atomic mass is 16.4. The van der Waals surface area contributed by atoms with Crippen molar-refractivity contribution in [3.63, 3.8) is 0 Å². The fraction of sp³-hybridized carbons (Fsp3) is 0.417. The van der Waals surface area contributed by atoms with Gasteiger partial charge >= 0.3 is 5.97 Å². The lowest BCUT2D eigenvalue weighted by molar-refractivity contribution is -0.143. The SMILES string of the molecule is CCC[C@](N)(Cc1cc(O)ccc1O)C(=O)O. The van der Waals surface area contributed by atoms with Gasteiger partial charge in [-0.15, -0.1) is 0 Å². The van der Waals surface area contributed by atoms with E-state index in [0.29, 0.717) is 18.4 Å². The Labute approximate surface area is 99.5 Å². The van der Waals surface area contributed by atoms with Gasteiger partial charge in [-0.1, -0.05) is 13.3 Å². The van der Waals surface area contributed by atoms with Gasteiger partial charge in [-0.05, 0) is 30.2 Å². The number of phenolic OH excluding ortho intramolecular Hbond substituents is 2. The van der Waals surface area contributed by atoms with E-state index in [9.17, 15) is 15.0 Å². The number of rotatable bonds is 5. The fourth-order valence-corrected chi connectivity index (χ4v) is 1.77. The van der Waals surface area contributed by atoms with Crippen LogP contribution >= 0.6 is 0 Å². The number of aliphatic carboxylic acids is 1. The van der Waals surface area contributed by atoms with Crippen LogP contribution in [0.3, 0.4) is 0 Å². The molecule has 0 radical (unpaired) electrons. The summed E-state index contributed by atoms with van der Waals surface area (Å²) in [5.74, 6) is -1.20. The van der Waals surface area contributed by atoms with Gasteiger partial charge in [0.1, 0.15) is 17.0 Å². The van der Waals surface area contributed by atoms with Gasteiger partial charge < -0.3 is 21.1 Å². The van der Waals surface area contributed by atoms with Gasteiger partial charge in [0, 0.05) is 6.42 Å². The monoisotopic (exact) mass is 239 g/mol. The summed E-state index contributed by atoms with van der Waals surface area (Å²) in [5, 5.41) is 28.0. The smallest absolute Gasteiger partial charge is 0.324 e. The van der Waals surface area contributed by atoms with Gasteiger partial charge in [-0.25, -0.2) is 0 Å². The van der Waals surface area contributed by atoms with Crippen molar-refractivity contribution in [2.24, 2.45) is 5.73 Å².